The molecule has 0 aromatic carbocycles. The van der Waals surface area contributed by atoms with Gasteiger partial charge in [0.1, 0.15) is 6.07 Å². The van der Waals surface area contributed by atoms with Crippen LogP contribution in [0.2, 0.25) is 0 Å². The zero-order chi connectivity index (χ0) is 14.2. The number of halogens is 3. The smallest absolute Gasteiger partial charge is 0.233 e. The number of pyridine rings is 1. The molecule has 4 nitrogen and oxygen atoms in total. The molecule has 0 N–H and O–H groups in total. The summed E-state index contributed by atoms with van der Waals surface area (Å²) in [5, 5.41) is 12.7. The number of rotatable bonds is 1. The molecular formula is C12H9F3N4. The molecule has 0 amide bonds. The number of nitriles is 1. The average Bonchev–Trinajstić information content (AvgIpc) is 2.76. The van der Waals surface area contributed by atoms with Gasteiger partial charge in [0.15, 0.2) is 5.82 Å². The van der Waals surface area contributed by atoms with Crippen molar-refractivity contribution in [3.8, 4) is 11.9 Å². The topological polar surface area (TPSA) is 54.5 Å². The van der Waals surface area contributed by atoms with Gasteiger partial charge in [0, 0.05) is 11.9 Å². The lowest BCUT2D eigenvalue weighted by Gasteiger charge is -2.07. The predicted molar refractivity (Wildman–Crippen MR) is 60.6 cm³/mol. The van der Waals surface area contributed by atoms with Gasteiger partial charge in [-0.15, -0.1) is 0 Å². The van der Waals surface area contributed by atoms with E-state index in [-0.39, 0.29) is 11.4 Å². The maximum atomic E-state index is 12.5. The fourth-order valence-electron chi connectivity index (χ4n) is 1.71. The molecule has 0 fully saturated rings. The molecule has 0 saturated heterocycles. The van der Waals surface area contributed by atoms with Crippen LogP contribution in [0.1, 0.15) is 22.4 Å². The summed E-state index contributed by atoms with van der Waals surface area (Å²) < 4.78 is 38.5. The van der Waals surface area contributed by atoms with Gasteiger partial charge < -0.3 is 0 Å². The lowest BCUT2D eigenvalue weighted by atomic mass is 10.1. The van der Waals surface area contributed by atoms with Crippen LogP contribution in [0.25, 0.3) is 5.82 Å². The van der Waals surface area contributed by atoms with Crippen molar-refractivity contribution in [1.82, 2.24) is 14.8 Å². The van der Waals surface area contributed by atoms with E-state index < -0.39 is 11.7 Å². The Bertz CT molecular complexity index is 665. The molecule has 0 saturated carbocycles. The predicted octanol–water partition coefficient (Wildman–Crippen LogP) is 2.77. The van der Waals surface area contributed by atoms with Crippen LogP contribution in [0.15, 0.2) is 18.5 Å². The summed E-state index contributed by atoms with van der Waals surface area (Å²) in [6, 6.07) is 3.62. The maximum absolute atomic E-state index is 12.5. The highest BCUT2D eigenvalue weighted by atomic mass is 19.4. The van der Waals surface area contributed by atoms with Gasteiger partial charge in [-0.1, -0.05) is 0 Å². The van der Waals surface area contributed by atoms with Crippen LogP contribution in [0.3, 0.4) is 0 Å². The molecule has 7 heteroatoms. The van der Waals surface area contributed by atoms with Crippen molar-refractivity contribution in [1.29, 1.82) is 5.26 Å². The third-order valence-electron chi connectivity index (χ3n) is 2.56. The molecule has 0 aliphatic heterocycles. The molecule has 0 aliphatic carbocycles. The Morgan fingerprint density at radius 3 is 2.53 bits per heavy atom. The summed E-state index contributed by atoms with van der Waals surface area (Å²) in [7, 11) is 0. The van der Waals surface area contributed by atoms with Gasteiger partial charge >= 0.3 is 6.18 Å². The van der Waals surface area contributed by atoms with Crippen molar-refractivity contribution < 1.29 is 13.2 Å². The van der Waals surface area contributed by atoms with Crippen molar-refractivity contribution in [2.45, 2.75) is 20.0 Å². The van der Waals surface area contributed by atoms with Crippen LogP contribution < -0.4 is 0 Å². The van der Waals surface area contributed by atoms with E-state index in [1.54, 1.807) is 19.9 Å². The van der Waals surface area contributed by atoms with E-state index in [1.165, 1.54) is 0 Å². The molecule has 0 spiro atoms. The summed E-state index contributed by atoms with van der Waals surface area (Å²) in [6.45, 7) is 3.40. The van der Waals surface area contributed by atoms with Gasteiger partial charge in [-0.3, -0.25) is 0 Å². The first kappa shape index (κ1) is 13.1. The number of aromatic nitrogens is 3. The standard InChI is InChI=1S/C12H9F3N4/c1-7-3-8(2)18-11(10(7)4-16)19-6-9(5-17-19)12(13,14)15/h3,5-6H,1-2H3. The zero-order valence-corrected chi connectivity index (χ0v) is 10.2. The van der Waals surface area contributed by atoms with E-state index in [0.29, 0.717) is 17.5 Å². The Labute approximate surface area is 107 Å². The Kier molecular flexibility index (Phi) is 3.02. The third kappa shape index (κ3) is 2.42. The number of nitrogens with zero attached hydrogens (tertiary/aromatic N) is 4. The van der Waals surface area contributed by atoms with E-state index in [9.17, 15) is 13.2 Å². The van der Waals surface area contributed by atoms with E-state index in [4.69, 9.17) is 5.26 Å². The Balaban J connectivity index is 2.60. The number of alkyl halides is 3. The minimum Gasteiger partial charge on any atom is -0.233 e. The second kappa shape index (κ2) is 4.39. The van der Waals surface area contributed by atoms with Crippen molar-refractivity contribution >= 4 is 0 Å². The quantitative estimate of drug-likeness (QED) is 0.797. The summed E-state index contributed by atoms with van der Waals surface area (Å²) in [6.07, 6.45) is -2.94. The van der Waals surface area contributed by atoms with Crippen molar-refractivity contribution in [2.24, 2.45) is 0 Å². The highest BCUT2D eigenvalue weighted by Crippen LogP contribution is 2.29. The van der Waals surface area contributed by atoms with E-state index in [1.807, 2.05) is 6.07 Å². The molecule has 0 aliphatic rings. The Morgan fingerprint density at radius 1 is 1.32 bits per heavy atom. The molecular weight excluding hydrogens is 257 g/mol. The van der Waals surface area contributed by atoms with Gasteiger partial charge in [0.05, 0.1) is 17.3 Å². The van der Waals surface area contributed by atoms with Gasteiger partial charge in [-0.25, -0.2) is 9.67 Å². The van der Waals surface area contributed by atoms with Crippen LogP contribution in [0.5, 0.6) is 0 Å². The fourth-order valence-corrected chi connectivity index (χ4v) is 1.71. The summed E-state index contributed by atoms with van der Waals surface area (Å²) in [4.78, 5) is 4.08. The maximum Gasteiger partial charge on any atom is 0.419 e. The van der Waals surface area contributed by atoms with Crippen molar-refractivity contribution in [3.63, 3.8) is 0 Å². The Morgan fingerprint density at radius 2 is 2.00 bits per heavy atom. The van der Waals surface area contributed by atoms with Crippen LogP contribution in [-0.2, 0) is 6.18 Å². The molecule has 2 aromatic heterocycles. The first-order valence-corrected chi connectivity index (χ1v) is 5.33. The van der Waals surface area contributed by atoms with Gasteiger partial charge in [0.25, 0.3) is 0 Å². The first-order valence-electron chi connectivity index (χ1n) is 5.33. The fraction of sp³-hybridized carbons (Fsp3) is 0.250. The van der Waals surface area contributed by atoms with E-state index in [0.717, 1.165) is 10.9 Å². The van der Waals surface area contributed by atoms with E-state index >= 15 is 0 Å². The largest absolute Gasteiger partial charge is 0.419 e. The number of hydrogen-bond donors (Lipinski definition) is 0. The minimum atomic E-state index is -4.47. The summed E-state index contributed by atoms with van der Waals surface area (Å²) in [5.74, 6) is 0.107. The Hall–Kier alpha value is -2.36. The third-order valence-corrected chi connectivity index (χ3v) is 2.56. The summed E-state index contributed by atoms with van der Waals surface area (Å²) in [5.41, 5.74) is 0.587. The molecule has 2 aromatic rings. The van der Waals surface area contributed by atoms with Crippen molar-refractivity contribution in [3.05, 3.63) is 40.8 Å². The first-order chi connectivity index (χ1) is 8.82. The summed E-state index contributed by atoms with van der Waals surface area (Å²) >= 11 is 0. The monoisotopic (exact) mass is 266 g/mol. The second-order valence-corrected chi connectivity index (χ2v) is 4.06. The molecule has 0 atom stereocenters. The molecule has 2 rings (SSSR count). The lowest BCUT2D eigenvalue weighted by Crippen LogP contribution is -2.06. The van der Waals surface area contributed by atoms with E-state index in [2.05, 4.69) is 10.1 Å². The molecule has 0 unspecified atom stereocenters. The minimum absolute atomic E-state index is 0.107. The number of aryl methyl sites for hydroxylation is 2. The molecule has 2 heterocycles. The molecule has 0 radical (unpaired) electrons. The van der Waals surface area contributed by atoms with Gasteiger partial charge in [-0.2, -0.15) is 23.5 Å². The lowest BCUT2D eigenvalue weighted by molar-refractivity contribution is -0.137. The van der Waals surface area contributed by atoms with Crippen LogP contribution in [-0.4, -0.2) is 14.8 Å². The second-order valence-electron chi connectivity index (χ2n) is 4.06. The van der Waals surface area contributed by atoms with Crippen LogP contribution in [0.4, 0.5) is 13.2 Å². The van der Waals surface area contributed by atoms with Gasteiger partial charge in [0.2, 0.25) is 0 Å². The molecule has 98 valence electrons. The SMILES string of the molecule is Cc1cc(C)c(C#N)c(-n2cc(C(F)(F)F)cn2)n1. The molecule has 19 heavy (non-hydrogen) atoms. The average molecular weight is 266 g/mol. The van der Waals surface area contributed by atoms with Crippen LogP contribution >= 0.6 is 0 Å². The highest BCUT2D eigenvalue weighted by Gasteiger charge is 2.32. The molecule has 0 bridgehead atoms. The number of hydrogen-bond acceptors (Lipinski definition) is 3. The van der Waals surface area contributed by atoms with Crippen LogP contribution in [0, 0.1) is 25.2 Å². The van der Waals surface area contributed by atoms with Crippen molar-refractivity contribution in [2.75, 3.05) is 0 Å². The zero-order valence-electron chi connectivity index (χ0n) is 10.2. The normalized spacial score (nSPS) is 11.4. The highest BCUT2D eigenvalue weighted by molar-refractivity contribution is 5.49. The van der Waals surface area contributed by atoms with Gasteiger partial charge in [-0.05, 0) is 25.5 Å².